The first-order valence-corrected chi connectivity index (χ1v) is 6.90. The molecular weight excluding hydrogens is 296 g/mol. The lowest BCUT2D eigenvalue weighted by Crippen LogP contribution is -2.17. The highest BCUT2D eigenvalue weighted by Crippen LogP contribution is 2.32. The highest BCUT2D eigenvalue weighted by atomic mass is 16.3. The van der Waals surface area contributed by atoms with E-state index >= 15 is 0 Å². The highest BCUT2D eigenvalue weighted by molar-refractivity contribution is 6.01. The van der Waals surface area contributed by atoms with Crippen molar-refractivity contribution in [3.63, 3.8) is 0 Å². The number of hydrogen-bond acceptors (Lipinski definition) is 5. The molecule has 6 nitrogen and oxygen atoms in total. The molecule has 0 fully saturated rings. The van der Waals surface area contributed by atoms with E-state index in [-0.39, 0.29) is 17.3 Å². The predicted molar refractivity (Wildman–Crippen MR) is 85.8 cm³/mol. The van der Waals surface area contributed by atoms with E-state index in [1.54, 1.807) is 37.3 Å². The Labute approximate surface area is 131 Å². The van der Waals surface area contributed by atoms with Crippen molar-refractivity contribution in [1.29, 1.82) is 0 Å². The fraction of sp³-hybridized carbons (Fsp3) is 0.0588. The van der Waals surface area contributed by atoms with Crippen LogP contribution in [0.15, 0.2) is 52.0 Å². The molecule has 0 radical (unpaired) electrons. The Morgan fingerprint density at radius 2 is 1.87 bits per heavy atom. The zero-order valence-electron chi connectivity index (χ0n) is 12.3. The number of para-hydroxylation sites is 1. The highest BCUT2D eigenvalue weighted by Gasteiger charge is 2.19. The third-order valence-corrected chi connectivity index (χ3v) is 3.44. The number of phenols is 2. The van der Waals surface area contributed by atoms with E-state index in [2.05, 4.69) is 10.5 Å². The van der Waals surface area contributed by atoms with Crippen molar-refractivity contribution < 1.29 is 19.4 Å². The van der Waals surface area contributed by atoms with Gasteiger partial charge < -0.3 is 14.6 Å². The standard InChI is InChI=1S/C17H14N2O4/c1-10-15-13(21)7-4-8-14(15)23-16(10)17(22)19-18-9-11-5-2-3-6-12(11)20/h2-9,20-21H,1H3,(H,19,22)/b18-9-. The summed E-state index contributed by atoms with van der Waals surface area (Å²) in [4.78, 5) is 12.2. The monoisotopic (exact) mass is 310 g/mol. The van der Waals surface area contributed by atoms with Gasteiger partial charge in [0.25, 0.3) is 0 Å². The van der Waals surface area contributed by atoms with Crippen LogP contribution < -0.4 is 5.43 Å². The van der Waals surface area contributed by atoms with Crippen molar-refractivity contribution in [2.45, 2.75) is 6.92 Å². The molecule has 1 heterocycles. The minimum Gasteiger partial charge on any atom is -0.507 e. The molecule has 3 rings (SSSR count). The number of phenolic OH excluding ortho intramolecular Hbond substituents is 2. The second kappa shape index (κ2) is 5.84. The van der Waals surface area contributed by atoms with E-state index in [9.17, 15) is 15.0 Å². The first-order valence-electron chi connectivity index (χ1n) is 6.90. The number of benzene rings is 2. The van der Waals surface area contributed by atoms with Crippen LogP contribution in [0, 0.1) is 6.92 Å². The number of hydrazone groups is 1. The average Bonchev–Trinajstić information content (AvgIpc) is 2.87. The van der Waals surface area contributed by atoms with Crippen molar-refractivity contribution in [2.24, 2.45) is 5.10 Å². The second-order valence-electron chi connectivity index (χ2n) is 4.96. The SMILES string of the molecule is Cc1c(C(=O)N/N=C\c2ccccc2O)oc2cccc(O)c12. The number of nitrogens with one attached hydrogen (secondary N) is 1. The van der Waals surface area contributed by atoms with Gasteiger partial charge in [0.15, 0.2) is 5.76 Å². The summed E-state index contributed by atoms with van der Waals surface area (Å²) in [5.41, 5.74) is 3.78. The lowest BCUT2D eigenvalue weighted by atomic mass is 10.1. The number of aryl methyl sites for hydroxylation is 1. The van der Waals surface area contributed by atoms with Gasteiger partial charge in [-0.1, -0.05) is 18.2 Å². The lowest BCUT2D eigenvalue weighted by molar-refractivity contribution is 0.0929. The summed E-state index contributed by atoms with van der Waals surface area (Å²) in [5, 5.41) is 23.8. The number of hydrogen-bond donors (Lipinski definition) is 3. The molecular formula is C17H14N2O4. The van der Waals surface area contributed by atoms with Crippen LogP contribution in [0.3, 0.4) is 0 Å². The largest absolute Gasteiger partial charge is 0.507 e. The Morgan fingerprint density at radius 1 is 1.13 bits per heavy atom. The smallest absolute Gasteiger partial charge is 0.307 e. The molecule has 2 aromatic carbocycles. The van der Waals surface area contributed by atoms with E-state index in [0.29, 0.717) is 22.1 Å². The molecule has 0 unspecified atom stereocenters. The van der Waals surface area contributed by atoms with Crippen molar-refractivity contribution in [3.05, 3.63) is 59.4 Å². The van der Waals surface area contributed by atoms with Gasteiger partial charge in [-0.2, -0.15) is 5.10 Å². The van der Waals surface area contributed by atoms with E-state index < -0.39 is 5.91 Å². The molecule has 23 heavy (non-hydrogen) atoms. The number of nitrogens with zero attached hydrogens (tertiary/aromatic N) is 1. The normalized spacial score (nSPS) is 11.2. The van der Waals surface area contributed by atoms with Crippen molar-refractivity contribution >= 4 is 23.1 Å². The first kappa shape index (κ1) is 14.6. The molecule has 0 aliphatic heterocycles. The summed E-state index contributed by atoms with van der Waals surface area (Å²) < 4.78 is 5.47. The number of amides is 1. The molecule has 116 valence electrons. The van der Waals surface area contributed by atoms with Gasteiger partial charge in [-0.25, -0.2) is 5.43 Å². The Bertz CT molecular complexity index is 912. The van der Waals surface area contributed by atoms with Gasteiger partial charge in [0, 0.05) is 11.1 Å². The number of fused-ring (bicyclic) bond motifs is 1. The maximum atomic E-state index is 12.2. The van der Waals surface area contributed by atoms with Gasteiger partial charge in [-0.15, -0.1) is 0 Å². The summed E-state index contributed by atoms with van der Waals surface area (Å²) in [6, 6.07) is 11.5. The number of aromatic hydroxyl groups is 2. The quantitative estimate of drug-likeness (QED) is 0.512. The van der Waals surface area contributed by atoms with Gasteiger partial charge in [-0.05, 0) is 31.2 Å². The molecule has 1 amide bonds. The van der Waals surface area contributed by atoms with Crippen LogP contribution in [0.1, 0.15) is 21.7 Å². The van der Waals surface area contributed by atoms with E-state index in [1.165, 1.54) is 18.3 Å². The number of carbonyl (C=O) groups is 1. The molecule has 0 spiro atoms. The zero-order chi connectivity index (χ0) is 16.4. The van der Waals surface area contributed by atoms with Crippen molar-refractivity contribution in [3.8, 4) is 11.5 Å². The first-order chi connectivity index (χ1) is 11.1. The summed E-state index contributed by atoms with van der Waals surface area (Å²) in [5.74, 6) is -0.337. The Morgan fingerprint density at radius 3 is 2.61 bits per heavy atom. The number of furan rings is 1. The fourth-order valence-corrected chi connectivity index (χ4v) is 2.31. The van der Waals surface area contributed by atoms with Gasteiger partial charge in [0.1, 0.15) is 17.1 Å². The lowest BCUT2D eigenvalue weighted by Gasteiger charge is -1.99. The van der Waals surface area contributed by atoms with Crippen LogP contribution in [0.2, 0.25) is 0 Å². The number of carbonyl (C=O) groups excluding carboxylic acids is 1. The Hall–Kier alpha value is -3.28. The topological polar surface area (TPSA) is 95.1 Å². The van der Waals surface area contributed by atoms with Crippen LogP contribution in [0.4, 0.5) is 0 Å². The third-order valence-electron chi connectivity index (χ3n) is 3.44. The zero-order valence-corrected chi connectivity index (χ0v) is 12.3. The summed E-state index contributed by atoms with van der Waals surface area (Å²) >= 11 is 0. The fourth-order valence-electron chi connectivity index (χ4n) is 2.31. The maximum absolute atomic E-state index is 12.2. The molecule has 1 aromatic heterocycles. The van der Waals surface area contributed by atoms with Crippen molar-refractivity contribution in [1.82, 2.24) is 5.43 Å². The van der Waals surface area contributed by atoms with E-state index in [0.717, 1.165) is 0 Å². The van der Waals surface area contributed by atoms with E-state index in [1.807, 2.05) is 0 Å². The summed E-state index contributed by atoms with van der Waals surface area (Å²) in [6.07, 6.45) is 1.34. The molecule has 0 bridgehead atoms. The van der Waals surface area contributed by atoms with Crippen LogP contribution >= 0.6 is 0 Å². The molecule has 6 heteroatoms. The van der Waals surface area contributed by atoms with Gasteiger partial charge >= 0.3 is 5.91 Å². The van der Waals surface area contributed by atoms with Gasteiger partial charge in [0.2, 0.25) is 0 Å². The minimum atomic E-state index is -0.537. The molecule has 0 atom stereocenters. The molecule has 3 N–H and O–H groups in total. The third kappa shape index (κ3) is 2.74. The van der Waals surface area contributed by atoms with Crippen LogP contribution in [0.25, 0.3) is 11.0 Å². The summed E-state index contributed by atoms with van der Waals surface area (Å²) in [7, 11) is 0. The van der Waals surface area contributed by atoms with Gasteiger partial charge in [-0.3, -0.25) is 4.79 Å². The Kier molecular flexibility index (Phi) is 3.72. The van der Waals surface area contributed by atoms with E-state index in [4.69, 9.17) is 4.42 Å². The van der Waals surface area contributed by atoms with Crippen LogP contribution in [-0.4, -0.2) is 22.3 Å². The Balaban J connectivity index is 1.83. The maximum Gasteiger partial charge on any atom is 0.307 e. The molecule has 0 aliphatic carbocycles. The summed E-state index contributed by atoms with van der Waals surface area (Å²) in [6.45, 7) is 1.69. The molecule has 0 saturated carbocycles. The molecule has 3 aromatic rings. The molecule has 0 saturated heterocycles. The second-order valence-corrected chi connectivity index (χ2v) is 4.96. The van der Waals surface area contributed by atoms with Crippen LogP contribution in [-0.2, 0) is 0 Å². The van der Waals surface area contributed by atoms with Gasteiger partial charge in [0.05, 0.1) is 11.6 Å². The average molecular weight is 310 g/mol. The van der Waals surface area contributed by atoms with Crippen LogP contribution in [0.5, 0.6) is 11.5 Å². The van der Waals surface area contributed by atoms with Crippen molar-refractivity contribution in [2.75, 3.05) is 0 Å². The minimum absolute atomic E-state index is 0.0560. The molecule has 0 aliphatic rings. The number of rotatable bonds is 3. The predicted octanol–water partition coefficient (Wildman–Crippen LogP) is 2.92.